The normalized spacial score (nSPS) is 15.6. The first-order valence-corrected chi connectivity index (χ1v) is 8.26. The number of piperazine rings is 1. The number of nitrogens with two attached hydrogens (primary N) is 1. The second kappa shape index (κ2) is 6.89. The fourth-order valence-electron chi connectivity index (χ4n) is 2.57. The minimum atomic E-state index is -0.491. The summed E-state index contributed by atoms with van der Waals surface area (Å²) in [5.74, 6) is -0.519. The summed E-state index contributed by atoms with van der Waals surface area (Å²) < 4.78 is 0. The van der Waals surface area contributed by atoms with Crippen molar-refractivity contribution < 1.29 is 9.59 Å². The summed E-state index contributed by atoms with van der Waals surface area (Å²) in [5.41, 5.74) is 6.27. The van der Waals surface area contributed by atoms with E-state index < -0.39 is 5.91 Å². The highest BCUT2D eigenvalue weighted by molar-refractivity contribution is 7.15. The zero-order chi connectivity index (χ0) is 16.2. The molecule has 1 aliphatic rings. The van der Waals surface area contributed by atoms with Crippen LogP contribution in [0.2, 0.25) is 0 Å². The minimum absolute atomic E-state index is 0.0278. The van der Waals surface area contributed by atoms with Crippen molar-refractivity contribution in [3.8, 4) is 0 Å². The number of thiophene rings is 1. The number of carbonyl (C=O) groups is 2. The summed E-state index contributed by atoms with van der Waals surface area (Å²) in [7, 11) is 0. The van der Waals surface area contributed by atoms with Crippen LogP contribution in [0.3, 0.4) is 0 Å². The van der Waals surface area contributed by atoms with Crippen LogP contribution in [0.15, 0.2) is 36.5 Å². The first-order chi connectivity index (χ1) is 11.1. The molecule has 23 heavy (non-hydrogen) atoms. The van der Waals surface area contributed by atoms with Crippen molar-refractivity contribution >= 4 is 23.2 Å². The predicted molar refractivity (Wildman–Crippen MR) is 88.3 cm³/mol. The van der Waals surface area contributed by atoms with Gasteiger partial charge in [-0.2, -0.15) is 0 Å². The van der Waals surface area contributed by atoms with Gasteiger partial charge in [0, 0.05) is 38.9 Å². The van der Waals surface area contributed by atoms with E-state index in [2.05, 4.69) is 9.88 Å². The summed E-state index contributed by atoms with van der Waals surface area (Å²) in [4.78, 5) is 33.0. The summed E-state index contributed by atoms with van der Waals surface area (Å²) in [6.45, 7) is 3.78. The lowest BCUT2D eigenvalue weighted by Crippen LogP contribution is -2.48. The quantitative estimate of drug-likeness (QED) is 0.913. The van der Waals surface area contributed by atoms with Crippen molar-refractivity contribution in [3.05, 3.63) is 52.0 Å². The van der Waals surface area contributed by atoms with Gasteiger partial charge >= 0.3 is 0 Å². The zero-order valence-electron chi connectivity index (χ0n) is 12.6. The van der Waals surface area contributed by atoms with E-state index in [1.165, 1.54) is 0 Å². The SMILES string of the molecule is NC(=O)c1ccc(C(=O)N2CCN(Cc3ccccn3)CC2)s1. The smallest absolute Gasteiger partial charge is 0.264 e. The van der Waals surface area contributed by atoms with Crippen molar-refractivity contribution in [2.45, 2.75) is 6.54 Å². The number of amides is 2. The molecule has 0 radical (unpaired) electrons. The summed E-state index contributed by atoms with van der Waals surface area (Å²) >= 11 is 1.16. The molecule has 2 N–H and O–H groups in total. The Morgan fingerprint density at radius 2 is 1.83 bits per heavy atom. The summed E-state index contributed by atoms with van der Waals surface area (Å²) in [6, 6.07) is 9.18. The topological polar surface area (TPSA) is 79.5 Å². The van der Waals surface area contributed by atoms with Crippen LogP contribution in [0.25, 0.3) is 0 Å². The first-order valence-electron chi connectivity index (χ1n) is 7.44. The molecule has 3 rings (SSSR count). The van der Waals surface area contributed by atoms with Crippen molar-refractivity contribution in [3.63, 3.8) is 0 Å². The number of hydrogen-bond acceptors (Lipinski definition) is 5. The molecule has 1 fully saturated rings. The Labute approximate surface area is 138 Å². The van der Waals surface area contributed by atoms with Gasteiger partial charge in [0.15, 0.2) is 0 Å². The molecule has 1 aliphatic heterocycles. The largest absolute Gasteiger partial charge is 0.365 e. The van der Waals surface area contributed by atoms with Crippen LogP contribution >= 0.6 is 11.3 Å². The van der Waals surface area contributed by atoms with Gasteiger partial charge in [-0.3, -0.25) is 19.5 Å². The van der Waals surface area contributed by atoms with Crippen molar-refractivity contribution in [1.29, 1.82) is 0 Å². The van der Waals surface area contributed by atoms with Gasteiger partial charge in [-0.05, 0) is 24.3 Å². The van der Waals surface area contributed by atoms with Crippen LogP contribution in [0.4, 0.5) is 0 Å². The fraction of sp³-hybridized carbons (Fsp3) is 0.312. The standard InChI is InChI=1S/C16H18N4O2S/c17-15(21)13-4-5-14(23-13)16(22)20-9-7-19(8-10-20)11-12-3-1-2-6-18-12/h1-6H,7-11H2,(H2,17,21). The maximum Gasteiger partial charge on any atom is 0.264 e. The maximum absolute atomic E-state index is 12.5. The summed E-state index contributed by atoms with van der Waals surface area (Å²) in [5, 5.41) is 0. The van der Waals surface area contributed by atoms with Crippen molar-refractivity contribution in [1.82, 2.24) is 14.8 Å². The molecular formula is C16H18N4O2S. The van der Waals surface area contributed by atoms with E-state index in [4.69, 9.17) is 5.73 Å². The molecule has 0 spiro atoms. The van der Waals surface area contributed by atoms with E-state index in [1.807, 2.05) is 23.1 Å². The highest BCUT2D eigenvalue weighted by atomic mass is 32.1. The molecule has 1 saturated heterocycles. The average molecular weight is 330 g/mol. The first kappa shape index (κ1) is 15.6. The lowest BCUT2D eigenvalue weighted by Gasteiger charge is -2.34. The van der Waals surface area contributed by atoms with E-state index in [-0.39, 0.29) is 5.91 Å². The second-order valence-electron chi connectivity index (χ2n) is 5.42. The van der Waals surface area contributed by atoms with Gasteiger partial charge in [-0.15, -0.1) is 11.3 Å². The third-order valence-electron chi connectivity index (χ3n) is 3.83. The molecule has 3 heterocycles. The molecule has 0 atom stereocenters. The van der Waals surface area contributed by atoms with Gasteiger partial charge in [0.05, 0.1) is 15.4 Å². The molecule has 2 aromatic heterocycles. The van der Waals surface area contributed by atoms with Crippen LogP contribution in [-0.2, 0) is 6.54 Å². The van der Waals surface area contributed by atoms with Crippen LogP contribution in [-0.4, -0.2) is 52.8 Å². The van der Waals surface area contributed by atoms with Crippen LogP contribution in [0, 0.1) is 0 Å². The third-order valence-corrected chi connectivity index (χ3v) is 4.92. The van der Waals surface area contributed by atoms with E-state index in [0.29, 0.717) is 22.8 Å². The highest BCUT2D eigenvalue weighted by Crippen LogP contribution is 2.19. The molecule has 2 amide bonds. The molecule has 120 valence electrons. The van der Waals surface area contributed by atoms with Crippen molar-refractivity contribution in [2.24, 2.45) is 5.73 Å². The zero-order valence-corrected chi connectivity index (χ0v) is 13.5. The Bertz CT molecular complexity index is 693. The lowest BCUT2D eigenvalue weighted by molar-refractivity contribution is 0.0631. The lowest BCUT2D eigenvalue weighted by atomic mass is 10.2. The Kier molecular flexibility index (Phi) is 4.68. The Balaban J connectivity index is 1.55. The number of aromatic nitrogens is 1. The minimum Gasteiger partial charge on any atom is -0.365 e. The number of primary amides is 1. The Morgan fingerprint density at radius 3 is 2.43 bits per heavy atom. The van der Waals surface area contributed by atoms with E-state index in [1.54, 1.807) is 18.3 Å². The van der Waals surface area contributed by atoms with Crippen LogP contribution in [0.5, 0.6) is 0 Å². The Hall–Kier alpha value is -2.25. The molecule has 7 heteroatoms. The third kappa shape index (κ3) is 3.75. The fourth-order valence-corrected chi connectivity index (χ4v) is 3.40. The van der Waals surface area contributed by atoms with E-state index in [9.17, 15) is 9.59 Å². The average Bonchev–Trinajstić information content (AvgIpc) is 3.06. The molecule has 0 unspecified atom stereocenters. The van der Waals surface area contributed by atoms with Crippen molar-refractivity contribution in [2.75, 3.05) is 26.2 Å². The summed E-state index contributed by atoms with van der Waals surface area (Å²) in [6.07, 6.45) is 1.79. The molecule has 0 bridgehead atoms. The highest BCUT2D eigenvalue weighted by Gasteiger charge is 2.23. The number of pyridine rings is 1. The number of nitrogens with zero attached hydrogens (tertiary/aromatic N) is 3. The number of hydrogen-bond donors (Lipinski definition) is 1. The molecule has 0 saturated carbocycles. The molecular weight excluding hydrogens is 312 g/mol. The maximum atomic E-state index is 12.5. The Morgan fingerprint density at radius 1 is 1.09 bits per heavy atom. The predicted octanol–water partition coefficient (Wildman–Crippen LogP) is 1.20. The van der Waals surface area contributed by atoms with Crippen LogP contribution < -0.4 is 5.73 Å². The van der Waals surface area contributed by atoms with Gasteiger partial charge in [-0.25, -0.2) is 0 Å². The van der Waals surface area contributed by atoms with E-state index >= 15 is 0 Å². The van der Waals surface area contributed by atoms with Gasteiger partial charge in [0.25, 0.3) is 11.8 Å². The van der Waals surface area contributed by atoms with Crippen LogP contribution in [0.1, 0.15) is 25.0 Å². The number of rotatable bonds is 4. The number of carbonyl (C=O) groups excluding carboxylic acids is 2. The molecule has 2 aromatic rings. The van der Waals surface area contributed by atoms with Gasteiger partial charge in [0.2, 0.25) is 0 Å². The van der Waals surface area contributed by atoms with Gasteiger partial charge < -0.3 is 10.6 Å². The van der Waals surface area contributed by atoms with E-state index in [0.717, 1.165) is 36.7 Å². The monoisotopic (exact) mass is 330 g/mol. The molecule has 0 aromatic carbocycles. The molecule has 6 nitrogen and oxygen atoms in total. The van der Waals surface area contributed by atoms with Gasteiger partial charge in [-0.1, -0.05) is 6.07 Å². The molecule has 0 aliphatic carbocycles. The second-order valence-corrected chi connectivity index (χ2v) is 6.50. The van der Waals surface area contributed by atoms with Gasteiger partial charge in [0.1, 0.15) is 0 Å².